The standard InChI is InChI=1S/C13H16Cl2O3/c1-2-3-4-10(13(17)18)12(16)9-6-5-8(14)7-11(9)15/h5-7,10,12,16H,2-4H2,1H3,(H,17,18). The highest BCUT2D eigenvalue weighted by Crippen LogP contribution is 2.32. The first-order valence-electron chi connectivity index (χ1n) is 5.83. The predicted octanol–water partition coefficient (Wildman–Crippen LogP) is 3.92. The Morgan fingerprint density at radius 3 is 2.56 bits per heavy atom. The summed E-state index contributed by atoms with van der Waals surface area (Å²) in [5.41, 5.74) is 0.407. The Balaban J connectivity index is 2.94. The molecule has 18 heavy (non-hydrogen) atoms. The maximum atomic E-state index is 11.2. The van der Waals surface area contributed by atoms with Crippen molar-refractivity contribution in [3.05, 3.63) is 33.8 Å². The van der Waals surface area contributed by atoms with E-state index in [1.54, 1.807) is 12.1 Å². The van der Waals surface area contributed by atoms with Gasteiger partial charge in [0, 0.05) is 15.6 Å². The number of aliphatic carboxylic acids is 1. The van der Waals surface area contributed by atoms with Gasteiger partial charge in [-0.3, -0.25) is 4.79 Å². The minimum Gasteiger partial charge on any atom is -0.481 e. The second kappa shape index (κ2) is 6.98. The molecule has 0 amide bonds. The van der Waals surface area contributed by atoms with Crippen molar-refractivity contribution in [2.24, 2.45) is 5.92 Å². The molecule has 2 atom stereocenters. The summed E-state index contributed by atoms with van der Waals surface area (Å²) >= 11 is 11.7. The Hall–Kier alpha value is -0.770. The van der Waals surface area contributed by atoms with Crippen LogP contribution in [0, 0.1) is 5.92 Å². The number of carboxylic acids is 1. The van der Waals surface area contributed by atoms with E-state index >= 15 is 0 Å². The summed E-state index contributed by atoms with van der Waals surface area (Å²) in [5.74, 6) is -1.86. The third kappa shape index (κ3) is 3.87. The lowest BCUT2D eigenvalue weighted by atomic mass is 9.91. The third-order valence-corrected chi connectivity index (χ3v) is 3.41. The molecule has 0 aliphatic carbocycles. The fourth-order valence-electron chi connectivity index (χ4n) is 1.80. The van der Waals surface area contributed by atoms with Crippen LogP contribution in [0.2, 0.25) is 10.0 Å². The van der Waals surface area contributed by atoms with Crippen LogP contribution < -0.4 is 0 Å². The lowest BCUT2D eigenvalue weighted by Crippen LogP contribution is -2.22. The molecular formula is C13H16Cl2O3. The molecule has 2 unspecified atom stereocenters. The van der Waals surface area contributed by atoms with Gasteiger partial charge in [-0.15, -0.1) is 0 Å². The van der Waals surface area contributed by atoms with Crippen molar-refractivity contribution in [3.8, 4) is 0 Å². The number of hydrogen-bond donors (Lipinski definition) is 2. The van der Waals surface area contributed by atoms with E-state index in [1.165, 1.54) is 6.07 Å². The van der Waals surface area contributed by atoms with E-state index in [-0.39, 0.29) is 5.02 Å². The zero-order valence-electron chi connectivity index (χ0n) is 10.1. The Kier molecular flexibility index (Phi) is 5.93. The van der Waals surface area contributed by atoms with Gasteiger partial charge in [-0.1, -0.05) is 49.0 Å². The number of hydrogen-bond acceptors (Lipinski definition) is 2. The van der Waals surface area contributed by atoms with Gasteiger partial charge >= 0.3 is 5.97 Å². The molecule has 100 valence electrons. The Bertz CT molecular complexity index is 421. The SMILES string of the molecule is CCCCC(C(=O)O)C(O)c1ccc(Cl)cc1Cl. The van der Waals surface area contributed by atoms with Crippen molar-refractivity contribution in [3.63, 3.8) is 0 Å². The molecule has 1 aromatic rings. The van der Waals surface area contributed by atoms with E-state index < -0.39 is 18.0 Å². The van der Waals surface area contributed by atoms with E-state index in [0.29, 0.717) is 17.0 Å². The van der Waals surface area contributed by atoms with Crippen molar-refractivity contribution in [2.75, 3.05) is 0 Å². The molecule has 0 aliphatic rings. The number of rotatable bonds is 6. The van der Waals surface area contributed by atoms with E-state index in [4.69, 9.17) is 28.3 Å². The highest BCUT2D eigenvalue weighted by Gasteiger charge is 2.28. The number of unbranched alkanes of at least 4 members (excludes halogenated alkanes) is 1. The van der Waals surface area contributed by atoms with Crippen LogP contribution in [-0.2, 0) is 4.79 Å². The molecule has 2 N–H and O–H groups in total. The molecule has 0 radical (unpaired) electrons. The van der Waals surface area contributed by atoms with Crippen LogP contribution in [0.1, 0.15) is 37.9 Å². The van der Waals surface area contributed by atoms with Crippen LogP contribution >= 0.6 is 23.2 Å². The Morgan fingerprint density at radius 2 is 2.06 bits per heavy atom. The number of aliphatic hydroxyl groups is 1. The fourth-order valence-corrected chi connectivity index (χ4v) is 2.32. The van der Waals surface area contributed by atoms with Crippen LogP contribution in [0.15, 0.2) is 18.2 Å². The second-order valence-electron chi connectivity index (χ2n) is 4.20. The van der Waals surface area contributed by atoms with Crippen LogP contribution in [-0.4, -0.2) is 16.2 Å². The molecule has 3 nitrogen and oxygen atoms in total. The maximum absolute atomic E-state index is 11.2. The van der Waals surface area contributed by atoms with Gasteiger partial charge in [0.15, 0.2) is 0 Å². The fraction of sp³-hybridized carbons (Fsp3) is 0.462. The zero-order valence-corrected chi connectivity index (χ0v) is 11.6. The minimum absolute atomic E-state index is 0.290. The van der Waals surface area contributed by atoms with E-state index in [0.717, 1.165) is 12.8 Å². The molecule has 0 saturated carbocycles. The second-order valence-corrected chi connectivity index (χ2v) is 5.04. The van der Waals surface area contributed by atoms with Gasteiger partial charge in [0.2, 0.25) is 0 Å². The lowest BCUT2D eigenvalue weighted by Gasteiger charge is -2.20. The summed E-state index contributed by atoms with van der Waals surface area (Å²) in [7, 11) is 0. The Labute approximate surface area is 116 Å². The zero-order chi connectivity index (χ0) is 13.7. The number of aliphatic hydroxyl groups excluding tert-OH is 1. The Morgan fingerprint density at radius 1 is 1.39 bits per heavy atom. The molecule has 1 aromatic carbocycles. The highest BCUT2D eigenvalue weighted by molar-refractivity contribution is 6.35. The molecule has 5 heteroatoms. The first-order chi connectivity index (χ1) is 8.47. The maximum Gasteiger partial charge on any atom is 0.309 e. The summed E-state index contributed by atoms with van der Waals surface area (Å²) < 4.78 is 0. The van der Waals surface area contributed by atoms with Gasteiger partial charge in [0.25, 0.3) is 0 Å². The van der Waals surface area contributed by atoms with Crippen LogP contribution in [0.4, 0.5) is 0 Å². The van der Waals surface area contributed by atoms with Crippen molar-refractivity contribution >= 4 is 29.2 Å². The van der Waals surface area contributed by atoms with Crippen LogP contribution in [0.25, 0.3) is 0 Å². The summed E-state index contributed by atoms with van der Waals surface area (Å²) in [4.78, 5) is 11.2. The summed E-state index contributed by atoms with van der Waals surface area (Å²) in [6, 6.07) is 4.66. The third-order valence-electron chi connectivity index (χ3n) is 2.85. The lowest BCUT2D eigenvalue weighted by molar-refractivity contribution is -0.146. The normalized spacial score (nSPS) is 14.2. The molecule has 0 bridgehead atoms. The number of carbonyl (C=O) groups is 1. The number of benzene rings is 1. The molecule has 0 saturated heterocycles. The van der Waals surface area contributed by atoms with Crippen molar-refractivity contribution < 1.29 is 15.0 Å². The molecule has 0 spiro atoms. The van der Waals surface area contributed by atoms with Crippen LogP contribution in [0.3, 0.4) is 0 Å². The average molecular weight is 291 g/mol. The van der Waals surface area contributed by atoms with Gasteiger partial charge in [-0.25, -0.2) is 0 Å². The molecule has 0 aliphatic heterocycles. The van der Waals surface area contributed by atoms with E-state index in [1.807, 2.05) is 6.92 Å². The highest BCUT2D eigenvalue weighted by atomic mass is 35.5. The topological polar surface area (TPSA) is 57.5 Å². The van der Waals surface area contributed by atoms with Gasteiger partial charge < -0.3 is 10.2 Å². The summed E-state index contributed by atoms with van der Waals surface area (Å²) in [6.07, 6.45) is 0.939. The van der Waals surface area contributed by atoms with Gasteiger partial charge in [0.05, 0.1) is 12.0 Å². The smallest absolute Gasteiger partial charge is 0.309 e. The first-order valence-corrected chi connectivity index (χ1v) is 6.58. The average Bonchev–Trinajstić information content (AvgIpc) is 2.28. The molecule has 0 fully saturated rings. The van der Waals surface area contributed by atoms with Gasteiger partial charge in [-0.2, -0.15) is 0 Å². The molecular weight excluding hydrogens is 275 g/mol. The van der Waals surface area contributed by atoms with Gasteiger partial charge in [0.1, 0.15) is 0 Å². The quantitative estimate of drug-likeness (QED) is 0.835. The minimum atomic E-state index is -1.11. The van der Waals surface area contributed by atoms with Crippen LogP contribution in [0.5, 0.6) is 0 Å². The van der Waals surface area contributed by atoms with E-state index in [2.05, 4.69) is 0 Å². The predicted molar refractivity (Wildman–Crippen MR) is 72.1 cm³/mol. The molecule has 0 aromatic heterocycles. The van der Waals surface area contributed by atoms with Crippen molar-refractivity contribution in [1.29, 1.82) is 0 Å². The van der Waals surface area contributed by atoms with Crippen molar-refractivity contribution in [1.82, 2.24) is 0 Å². The first kappa shape index (κ1) is 15.3. The molecule has 1 rings (SSSR count). The van der Waals surface area contributed by atoms with E-state index in [9.17, 15) is 9.90 Å². The van der Waals surface area contributed by atoms with Crippen molar-refractivity contribution in [2.45, 2.75) is 32.3 Å². The summed E-state index contributed by atoms with van der Waals surface area (Å²) in [5, 5.41) is 20.0. The number of carboxylic acid groups (broad SMARTS) is 1. The monoisotopic (exact) mass is 290 g/mol. The molecule has 0 heterocycles. The largest absolute Gasteiger partial charge is 0.481 e. The number of halogens is 2. The van der Waals surface area contributed by atoms with Gasteiger partial charge in [-0.05, 0) is 18.6 Å². The summed E-state index contributed by atoms with van der Waals surface area (Å²) in [6.45, 7) is 1.97.